The second-order valence-corrected chi connectivity index (χ2v) is 10.4. The third-order valence-electron chi connectivity index (χ3n) is 5.60. The zero-order valence-electron chi connectivity index (χ0n) is 15.2. The van der Waals surface area contributed by atoms with Gasteiger partial charge >= 0.3 is 6.03 Å². The number of sulfone groups is 1. The van der Waals surface area contributed by atoms with Gasteiger partial charge in [0, 0.05) is 12.6 Å². The third kappa shape index (κ3) is 3.84. The fourth-order valence-corrected chi connectivity index (χ4v) is 6.10. The molecule has 1 aliphatic carbocycles. The number of hydrogen-bond donors (Lipinski definition) is 1. The highest BCUT2D eigenvalue weighted by Crippen LogP contribution is 2.34. The molecule has 1 N–H and O–H groups in total. The standard InChI is InChI=1S/C17H29N3O4S/c1-13(2)10-19(14-6-9-25(23,24)11-14)12-20-15(21)17(18-16(20)22)7-4-3-5-8-17/h13-14H,3-12H2,1-2H3,(H,18,22). The van der Waals surface area contributed by atoms with Gasteiger partial charge in [-0.1, -0.05) is 33.1 Å². The lowest BCUT2D eigenvalue weighted by Crippen LogP contribution is -2.50. The Morgan fingerprint density at radius 3 is 2.48 bits per heavy atom. The SMILES string of the molecule is CC(C)CN(CN1C(=O)NC2(CCCCC2)C1=O)C1CCS(=O)(=O)C1. The van der Waals surface area contributed by atoms with Gasteiger partial charge in [0.1, 0.15) is 5.54 Å². The summed E-state index contributed by atoms with van der Waals surface area (Å²) in [5.41, 5.74) is -0.722. The van der Waals surface area contributed by atoms with Crippen molar-refractivity contribution in [3.63, 3.8) is 0 Å². The summed E-state index contributed by atoms with van der Waals surface area (Å²) >= 11 is 0. The van der Waals surface area contributed by atoms with Gasteiger partial charge in [0.05, 0.1) is 18.2 Å². The van der Waals surface area contributed by atoms with E-state index in [2.05, 4.69) is 19.2 Å². The van der Waals surface area contributed by atoms with E-state index in [4.69, 9.17) is 0 Å². The third-order valence-corrected chi connectivity index (χ3v) is 7.35. The van der Waals surface area contributed by atoms with Gasteiger partial charge in [0.15, 0.2) is 9.84 Å². The molecule has 0 bridgehead atoms. The van der Waals surface area contributed by atoms with E-state index in [9.17, 15) is 18.0 Å². The van der Waals surface area contributed by atoms with Crippen LogP contribution in [0.4, 0.5) is 4.79 Å². The van der Waals surface area contributed by atoms with E-state index in [0.29, 0.717) is 31.7 Å². The molecule has 1 saturated carbocycles. The van der Waals surface area contributed by atoms with Crippen molar-refractivity contribution in [2.45, 2.75) is 64.0 Å². The van der Waals surface area contributed by atoms with Crippen molar-refractivity contribution in [2.24, 2.45) is 5.92 Å². The van der Waals surface area contributed by atoms with Crippen molar-refractivity contribution < 1.29 is 18.0 Å². The Morgan fingerprint density at radius 2 is 1.92 bits per heavy atom. The minimum Gasteiger partial charge on any atom is -0.323 e. The first-order chi connectivity index (χ1) is 11.7. The Kier molecular flexibility index (Phi) is 5.12. The Balaban J connectivity index is 1.75. The summed E-state index contributed by atoms with van der Waals surface area (Å²) in [6.45, 7) is 4.98. The van der Waals surface area contributed by atoms with Crippen LogP contribution in [0.2, 0.25) is 0 Å². The molecule has 2 aliphatic heterocycles. The number of rotatable bonds is 5. The number of nitrogens with zero attached hydrogens (tertiary/aromatic N) is 2. The molecular formula is C17H29N3O4S. The molecule has 1 atom stereocenters. The molecule has 3 amide bonds. The number of carbonyl (C=O) groups is 2. The fourth-order valence-electron chi connectivity index (χ4n) is 4.34. The molecule has 2 heterocycles. The van der Waals surface area contributed by atoms with Crippen molar-refractivity contribution in [1.82, 2.24) is 15.1 Å². The zero-order valence-corrected chi connectivity index (χ0v) is 16.0. The van der Waals surface area contributed by atoms with Gasteiger partial charge in [0.25, 0.3) is 5.91 Å². The number of urea groups is 1. The minimum atomic E-state index is -3.01. The Labute approximate surface area is 150 Å². The fraction of sp³-hybridized carbons (Fsp3) is 0.882. The van der Waals surface area contributed by atoms with E-state index in [1.165, 1.54) is 4.90 Å². The highest BCUT2D eigenvalue weighted by molar-refractivity contribution is 7.91. The van der Waals surface area contributed by atoms with Crippen LogP contribution in [0.5, 0.6) is 0 Å². The first kappa shape index (κ1) is 18.6. The van der Waals surface area contributed by atoms with Gasteiger partial charge in [-0.2, -0.15) is 0 Å². The van der Waals surface area contributed by atoms with Gasteiger partial charge in [-0.25, -0.2) is 18.1 Å². The molecule has 3 aliphatic rings. The maximum absolute atomic E-state index is 13.0. The van der Waals surface area contributed by atoms with Crippen molar-refractivity contribution in [3.8, 4) is 0 Å². The van der Waals surface area contributed by atoms with Crippen LogP contribution in [0, 0.1) is 5.92 Å². The first-order valence-corrected chi connectivity index (χ1v) is 11.1. The van der Waals surface area contributed by atoms with Crippen LogP contribution < -0.4 is 5.32 Å². The molecule has 0 aromatic carbocycles. The summed E-state index contributed by atoms with van der Waals surface area (Å²) < 4.78 is 23.7. The van der Waals surface area contributed by atoms with E-state index in [1.807, 2.05) is 4.90 Å². The van der Waals surface area contributed by atoms with Crippen LogP contribution in [-0.4, -0.2) is 66.5 Å². The summed E-state index contributed by atoms with van der Waals surface area (Å²) in [6, 6.07) is -0.447. The highest BCUT2D eigenvalue weighted by Gasteiger charge is 2.52. The predicted octanol–water partition coefficient (Wildman–Crippen LogP) is 1.34. The maximum Gasteiger partial charge on any atom is 0.326 e. The minimum absolute atomic E-state index is 0.115. The molecule has 3 rings (SSSR count). The quantitative estimate of drug-likeness (QED) is 0.737. The number of carbonyl (C=O) groups excluding carboxylic acids is 2. The largest absolute Gasteiger partial charge is 0.326 e. The van der Waals surface area contributed by atoms with Crippen LogP contribution in [0.1, 0.15) is 52.4 Å². The molecule has 142 valence electrons. The Bertz CT molecular complexity index is 640. The molecule has 2 saturated heterocycles. The number of hydrogen-bond acceptors (Lipinski definition) is 5. The average molecular weight is 372 g/mol. The molecule has 25 heavy (non-hydrogen) atoms. The van der Waals surface area contributed by atoms with E-state index in [1.54, 1.807) is 0 Å². The van der Waals surface area contributed by atoms with Crippen molar-refractivity contribution in [2.75, 3.05) is 24.7 Å². The number of imide groups is 1. The zero-order chi connectivity index (χ0) is 18.2. The number of amides is 3. The molecule has 7 nitrogen and oxygen atoms in total. The summed E-state index contributed by atoms with van der Waals surface area (Å²) in [5.74, 6) is 0.504. The summed E-state index contributed by atoms with van der Waals surface area (Å²) in [7, 11) is -3.01. The highest BCUT2D eigenvalue weighted by atomic mass is 32.2. The number of nitrogens with one attached hydrogen (secondary N) is 1. The molecule has 3 fully saturated rings. The molecule has 8 heteroatoms. The van der Waals surface area contributed by atoms with Crippen LogP contribution in [0.15, 0.2) is 0 Å². The lowest BCUT2D eigenvalue weighted by Gasteiger charge is -2.33. The van der Waals surface area contributed by atoms with Crippen LogP contribution in [0.25, 0.3) is 0 Å². The van der Waals surface area contributed by atoms with Crippen molar-refractivity contribution >= 4 is 21.8 Å². The van der Waals surface area contributed by atoms with E-state index >= 15 is 0 Å². The van der Waals surface area contributed by atoms with E-state index < -0.39 is 15.4 Å². The van der Waals surface area contributed by atoms with Gasteiger partial charge < -0.3 is 5.32 Å². The molecule has 1 spiro atoms. The Morgan fingerprint density at radius 1 is 1.24 bits per heavy atom. The molecule has 0 aromatic heterocycles. The summed E-state index contributed by atoms with van der Waals surface area (Å²) in [5, 5.41) is 2.93. The van der Waals surface area contributed by atoms with Gasteiger partial charge in [-0.05, 0) is 25.2 Å². The van der Waals surface area contributed by atoms with Crippen molar-refractivity contribution in [1.29, 1.82) is 0 Å². The predicted molar refractivity (Wildman–Crippen MR) is 94.7 cm³/mol. The maximum atomic E-state index is 13.0. The van der Waals surface area contributed by atoms with E-state index in [0.717, 1.165) is 19.3 Å². The van der Waals surface area contributed by atoms with Crippen LogP contribution in [-0.2, 0) is 14.6 Å². The molecule has 1 unspecified atom stereocenters. The monoisotopic (exact) mass is 371 g/mol. The van der Waals surface area contributed by atoms with Crippen molar-refractivity contribution in [3.05, 3.63) is 0 Å². The lowest BCUT2D eigenvalue weighted by atomic mass is 9.82. The molecular weight excluding hydrogens is 342 g/mol. The molecule has 0 radical (unpaired) electrons. The second-order valence-electron chi connectivity index (χ2n) is 8.17. The van der Waals surface area contributed by atoms with Crippen LogP contribution >= 0.6 is 0 Å². The Hall–Kier alpha value is -1.15. The topological polar surface area (TPSA) is 86.8 Å². The molecule has 0 aromatic rings. The second kappa shape index (κ2) is 6.87. The summed E-state index contributed by atoms with van der Waals surface area (Å²) in [6.07, 6.45) is 4.99. The summed E-state index contributed by atoms with van der Waals surface area (Å²) in [4.78, 5) is 28.7. The normalized spacial score (nSPS) is 28.3. The average Bonchev–Trinajstić information content (AvgIpc) is 3.00. The van der Waals surface area contributed by atoms with E-state index in [-0.39, 0.29) is 36.2 Å². The lowest BCUT2D eigenvalue weighted by molar-refractivity contribution is -0.134. The smallest absolute Gasteiger partial charge is 0.323 e. The first-order valence-electron chi connectivity index (χ1n) is 9.31. The van der Waals surface area contributed by atoms with Gasteiger partial charge in [-0.3, -0.25) is 9.69 Å². The van der Waals surface area contributed by atoms with Crippen LogP contribution in [0.3, 0.4) is 0 Å². The van der Waals surface area contributed by atoms with Gasteiger partial charge in [-0.15, -0.1) is 0 Å². The van der Waals surface area contributed by atoms with Gasteiger partial charge in [0.2, 0.25) is 0 Å².